The fraction of sp³-hybridized carbons (Fsp3) is 0.333. The van der Waals surface area contributed by atoms with Gasteiger partial charge in [0.15, 0.2) is 0 Å². The summed E-state index contributed by atoms with van der Waals surface area (Å²) in [6, 6.07) is 10.1. The quantitative estimate of drug-likeness (QED) is 0.484. The Kier molecular flexibility index (Phi) is 0.960. The minimum Gasteiger partial charge on any atom is -0.0699 e. The van der Waals surface area contributed by atoms with Gasteiger partial charge in [0, 0.05) is 0 Å². The van der Waals surface area contributed by atoms with Gasteiger partial charge >= 0.3 is 0 Å². The van der Waals surface area contributed by atoms with E-state index in [0.29, 0.717) is 0 Å². The van der Waals surface area contributed by atoms with Gasteiger partial charge in [0.2, 0.25) is 0 Å². The van der Waals surface area contributed by atoms with Gasteiger partial charge in [-0.1, -0.05) is 12.1 Å². The summed E-state index contributed by atoms with van der Waals surface area (Å²) in [5.74, 6) is 0. The molecule has 0 nitrogen and oxygen atoms in total. The van der Waals surface area contributed by atoms with Gasteiger partial charge in [-0.25, -0.2) is 0 Å². The Balaban J connectivity index is 2.54. The molecule has 0 spiro atoms. The minimum atomic E-state index is 1.25. The largest absolute Gasteiger partial charge is 0.0699 e. The van der Waals surface area contributed by atoms with Crippen molar-refractivity contribution in [1.29, 1.82) is 0 Å². The lowest BCUT2D eigenvalue weighted by Crippen LogP contribution is -1.75. The molecule has 2 rings (SSSR count). The Labute approximate surface area is 55.5 Å². The molecule has 0 saturated carbocycles. The second kappa shape index (κ2) is 1.77. The molecule has 44 valence electrons. The van der Waals surface area contributed by atoms with Crippen LogP contribution in [0.25, 0.3) is 0 Å². The maximum atomic E-state index is 2.97. The molecule has 0 N–H and O–H groups in total. The predicted octanol–water partition coefficient (Wildman–Crippen LogP) is 1.78. The van der Waals surface area contributed by atoms with Gasteiger partial charge in [0.1, 0.15) is 0 Å². The molecule has 0 aliphatic heterocycles. The average molecular weight is 116 g/mol. The van der Waals surface area contributed by atoms with Crippen LogP contribution in [-0.2, 0) is 12.8 Å². The number of hydrogen-bond acceptors (Lipinski definition) is 0. The Morgan fingerprint density at radius 2 is 1.56 bits per heavy atom. The van der Waals surface area contributed by atoms with Crippen molar-refractivity contribution in [2.45, 2.75) is 19.3 Å². The van der Waals surface area contributed by atoms with Gasteiger partial charge < -0.3 is 0 Å². The topological polar surface area (TPSA) is 0 Å². The number of rotatable bonds is 0. The predicted molar refractivity (Wildman–Crippen MR) is 36.1 cm³/mol. The van der Waals surface area contributed by atoms with Gasteiger partial charge in [-0.2, -0.15) is 0 Å². The molecule has 1 aliphatic rings. The Hall–Kier alpha value is -0.960. The highest BCUT2D eigenvalue weighted by Crippen LogP contribution is 2.18. The summed E-state index contributed by atoms with van der Waals surface area (Å²) >= 11 is 0. The summed E-state index contributed by atoms with van der Waals surface area (Å²) in [4.78, 5) is 0. The maximum Gasteiger partial charge on any atom is -0.00803 e. The first-order valence-corrected chi connectivity index (χ1v) is 3.36. The van der Waals surface area contributed by atoms with Gasteiger partial charge in [-0.15, -0.1) is 0 Å². The second-order valence-corrected chi connectivity index (χ2v) is 2.48. The molecule has 9 heavy (non-hydrogen) atoms. The Morgan fingerprint density at radius 1 is 1.00 bits per heavy atom. The fourth-order valence-corrected chi connectivity index (χ4v) is 1.38. The molecule has 0 bridgehead atoms. The van der Waals surface area contributed by atoms with Crippen molar-refractivity contribution in [3.63, 3.8) is 0 Å². The van der Waals surface area contributed by atoms with Crippen molar-refractivity contribution in [3.05, 3.63) is 35.4 Å². The van der Waals surface area contributed by atoms with Gasteiger partial charge in [-0.3, -0.25) is 0 Å². The van der Waals surface area contributed by atoms with Crippen LogP contribution in [0.2, 0.25) is 0 Å². The van der Waals surface area contributed by atoms with E-state index in [1.165, 1.54) is 30.4 Å². The lowest BCUT2D eigenvalue weighted by molar-refractivity contribution is 0.911. The van der Waals surface area contributed by atoms with Crippen LogP contribution in [0.1, 0.15) is 17.5 Å². The summed E-state index contributed by atoms with van der Waals surface area (Å²) in [7, 11) is 0. The van der Waals surface area contributed by atoms with E-state index in [0.717, 1.165) is 0 Å². The molecule has 0 unspecified atom stereocenters. The van der Waals surface area contributed by atoms with Crippen molar-refractivity contribution in [2.75, 3.05) is 0 Å². The van der Waals surface area contributed by atoms with Crippen LogP contribution in [0.15, 0.2) is 12.1 Å². The van der Waals surface area contributed by atoms with Crippen LogP contribution in [0, 0.1) is 12.1 Å². The molecule has 0 fully saturated rings. The van der Waals surface area contributed by atoms with Gasteiger partial charge in [0.05, 0.1) is 0 Å². The number of hydrogen-bond donors (Lipinski definition) is 0. The minimum absolute atomic E-state index is 1.25. The van der Waals surface area contributed by atoms with Crippen LogP contribution in [0.5, 0.6) is 0 Å². The molecule has 0 heterocycles. The van der Waals surface area contributed by atoms with E-state index in [9.17, 15) is 0 Å². The van der Waals surface area contributed by atoms with E-state index in [2.05, 4.69) is 24.3 Å². The molecule has 0 radical (unpaired) electrons. The molecule has 0 saturated heterocycles. The first-order valence-electron chi connectivity index (χ1n) is 3.36. The summed E-state index contributed by atoms with van der Waals surface area (Å²) in [5.41, 5.74) is 2.96. The smallest absolute Gasteiger partial charge is 0.00803 e. The molecule has 0 atom stereocenters. The first-order chi connectivity index (χ1) is 4.47. The van der Waals surface area contributed by atoms with Crippen LogP contribution >= 0.6 is 0 Å². The van der Waals surface area contributed by atoms with E-state index in [1.807, 2.05) is 0 Å². The van der Waals surface area contributed by atoms with Crippen LogP contribution in [0.3, 0.4) is 0 Å². The molecule has 1 aliphatic carbocycles. The zero-order valence-electron chi connectivity index (χ0n) is 5.28. The molecular formula is C9H8. The molecule has 0 amide bonds. The summed E-state index contributed by atoms with van der Waals surface area (Å²) in [5, 5.41) is 0. The lowest BCUT2D eigenvalue weighted by Gasteiger charge is -1.89. The molecule has 0 aromatic heterocycles. The van der Waals surface area contributed by atoms with Crippen molar-refractivity contribution < 1.29 is 0 Å². The molecule has 0 heteroatoms. The highest BCUT2D eigenvalue weighted by Gasteiger charge is 2.07. The van der Waals surface area contributed by atoms with Gasteiger partial charge in [0.25, 0.3) is 0 Å². The Morgan fingerprint density at radius 3 is 2.11 bits per heavy atom. The van der Waals surface area contributed by atoms with E-state index < -0.39 is 0 Å². The average Bonchev–Trinajstić information content (AvgIpc) is 2.33. The van der Waals surface area contributed by atoms with Crippen LogP contribution in [0.4, 0.5) is 0 Å². The molecule has 1 aromatic carbocycles. The zero-order chi connectivity index (χ0) is 6.10. The van der Waals surface area contributed by atoms with Gasteiger partial charge in [-0.05, 0) is 42.5 Å². The normalized spacial score (nSPS) is 14.7. The lowest BCUT2D eigenvalue weighted by atomic mass is 10.2. The third-order valence-corrected chi connectivity index (χ3v) is 1.88. The van der Waals surface area contributed by atoms with E-state index in [1.54, 1.807) is 0 Å². The van der Waals surface area contributed by atoms with E-state index in [-0.39, 0.29) is 0 Å². The highest BCUT2D eigenvalue weighted by atomic mass is 14.1. The highest BCUT2D eigenvalue weighted by molar-refractivity contribution is 5.27. The summed E-state index contributed by atoms with van der Waals surface area (Å²) in [6.07, 6.45) is 3.82. The number of aryl methyl sites for hydroxylation is 2. The third kappa shape index (κ3) is 0.695. The molecular weight excluding hydrogens is 108 g/mol. The standard InChI is InChI=1S/C9H8/c1-2-5-9-7-3-6-8(9)4-1/h4-5H,3,6-7H2. The van der Waals surface area contributed by atoms with Crippen molar-refractivity contribution in [2.24, 2.45) is 0 Å². The first kappa shape index (κ1) is 4.88. The zero-order valence-corrected chi connectivity index (χ0v) is 5.28. The summed E-state index contributed by atoms with van der Waals surface area (Å²) < 4.78 is 0. The maximum absolute atomic E-state index is 2.97. The SMILES string of the molecule is c1cc2c(cc#1)CCC2. The summed E-state index contributed by atoms with van der Waals surface area (Å²) in [6.45, 7) is 0. The Bertz CT molecular complexity index is 190. The van der Waals surface area contributed by atoms with E-state index >= 15 is 0 Å². The van der Waals surface area contributed by atoms with Crippen LogP contribution < -0.4 is 0 Å². The third-order valence-electron chi connectivity index (χ3n) is 1.88. The molecule has 1 aromatic rings. The number of fused-ring (bicyclic) bond motifs is 1. The van der Waals surface area contributed by atoms with Crippen molar-refractivity contribution >= 4 is 0 Å². The van der Waals surface area contributed by atoms with Crippen molar-refractivity contribution in [3.8, 4) is 0 Å². The van der Waals surface area contributed by atoms with Crippen molar-refractivity contribution in [1.82, 2.24) is 0 Å². The monoisotopic (exact) mass is 116 g/mol. The van der Waals surface area contributed by atoms with E-state index in [4.69, 9.17) is 0 Å². The second-order valence-electron chi connectivity index (χ2n) is 2.48. The fourth-order valence-electron chi connectivity index (χ4n) is 1.38. The van der Waals surface area contributed by atoms with Crippen LogP contribution in [-0.4, -0.2) is 0 Å².